The molecule has 1 atom stereocenters. The second-order valence-electron chi connectivity index (χ2n) is 5.42. The summed E-state index contributed by atoms with van der Waals surface area (Å²) in [5, 5.41) is 0. The number of rotatable bonds is 10. The lowest BCUT2D eigenvalue weighted by atomic mass is 10.0. The summed E-state index contributed by atoms with van der Waals surface area (Å²) in [6.07, 6.45) is 7.00. The van der Waals surface area contributed by atoms with Crippen molar-refractivity contribution in [2.75, 3.05) is 6.61 Å². The lowest BCUT2D eigenvalue weighted by molar-refractivity contribution is 0.225. The Morgan fingerprint density at radius 3 is 2.60 bits per heavy atom. The lowest BCUT2D eigenvalue weighted by Gasteiger charge is -2.16. The normalized spacial score (nSPS) is 12.4. The fourth-order valence-electron chi connectivity index (χ4n) is 2.26. The fraction of sp³-hybridized carbons (Fsp3) is 0.706. The zero-order valence-electron chi connectivity index (χ0n) is 13.1. The van der Waals surface area contributed by atoms with Crippen LogP contribution in [0.1, 0.15) is 64.1 Å². The van der Waals surface area contributed by atoms with Crippen LogP contribution in [-0.2, 0) is 12.3 Å². The van der Waals surface area contributed by atoms with E-state index in [0.29, 0.717) is 11.8 Å². The molecule has 1 rings (SSSR count). The van der Waals surface area contributed by atoms with Gasteiger partial charge in [-0.1, -0.05) is 46.5 Å². The van der Waals surface area contributed by atoms with E-state index in [0.717, 1.165) is 43.0 Å². The number of hydrogen-bond donors (Lipinski definition) is 0. The monoisotopic (exact) mass is 297 g/mol. The van der Waals surface area contributed by atoms with Gasteiger partial charge in [-0.25, -0.2) is 4.98 Å². The van der Waals surface area contributed by atoms with Crippen LogP contribution in [0.4, 0.5) is 0 Å². The molecule has 2 nitrogen and oxygen atoms in total. The minimum absolute atomic E-state index is 0.517. The van der Waals surface area contributed by atoms with Crippen LogP contribution >= 0.6 is 11.6 Å². The molecule has 0 saturated heterocycles. The van der Waals surface area contributed by atoms with E-state index in [-0.39, 0.29) is 0 Å². The van der Waals surface area contributed by atoms with Gasteiger partial charge in [-0.3, -0.25) is 0 Å². The van der Waals surface area contributed by atoms with Crippen LogP contribution in [-0.4, -0.2) is 11.6 Å². The molecule has 20 heavy (non-hydrogen) atoms. The van der Waals surface area contributed by atoms with Gasteiger partial charge in [-0.2, -0.15) is 0 Å². The molecule has 0 aromatic carbocycles. The zero-order valence-corrected chi connectivity index (χ0v) is 13.9. The number of nitrogens with zero attached hydrogens (tertiary/aromatic N) is 1. The molecule has 3 heteroatoms. The third kappa shape index (κ3) is 6.13. The summed E-state index contributed by atoms with van der Waals surface area (Å²) in [6, 6.07) is 4.05. The van der Waals surface area contributed by atoms with Crippen LogP contribution in [0.3, 0.4) is 0 Å². The Bertz CT molecular complexity index is 381. The average Bonchev–Trinajstić information content (AvgIpc) is 2.47. The molecule has 0 fully saturated rings. The standard InChI is InChI=1S/C17H28ClNO/c1-4-7-9-14(6-3)13-20-17-11-15(12-18)10-16(19-17)8-5-2/h10-11,14H,4-9,12-13H2,1-3H3. The Morgan fingerprint density at radius 2 is 2.00 bits per heavy atom. The molecule has 1 unspecified atom stereocenters. The summed E-state index contributed by atoms with van der Waals surface area (Å²) < 4.78 is 5.92. The number of pyridine rings is 1. The first-order chi connectivity index (χ1) is 9.73. The van der Waals surface area contributed by atoms with Crippen LogP contribution in [0.2, 0.25) is 0 Å². The van der Waals surface area contributed by atoms with Gasteiger partial charge < -0.3 is 4.74 Å². The smallest absolute Gasteiger partial charge is 0.213 e. The van der Waals surface area contributed by atoms with E-state index < -0.39 is 0 Å². The van der Waals surface area contributed by atoms with Crippen molar-refractivity contribution in [3.8, 4) is 5.88 Å². The van der Waals surface area contributed by atoms with Crippen molar-refractivity contribution in [2.24, 2.45) is 5.92 Å². The third-order valence-corrected chi connectivity index (χ3v) is 3.89. The number of unbranched alkanes of at least 4 members (excludes halogenated alkanes) is 1. The first-order valence-corrected chi connectivity index (χ1v) is 8.45. The maximum Gasteiger partial charge on any atom is 0.213 e. The van der Waals surface area contributed by atoms with Crippen LogP contribution in [0.15, 0.2) is 12.1 Å². The molecule has 1 heterocycles. The number of hydrogen-bond acceptors (Lipinski definition) is 2. The Hall–Kier alpha value is -0.760. The maximum absolute atomic E-state index is 5.95. The van der Waals surface area contributed by atoms with Gasteiger partial charge in [-0.05, 0) is 30.4 Å². The predicted octanol–water partition coefficient (Wildman–Crippen LogP) is 5.37. The number of ether oxygens (including phenoxy) is 1. The van der Waals surface area contributed by atoms with Gasteiger partial charge in [0.2, 0.25) is 5.88 Å². The molecule has 0 amide bonds. The van der Waals surface area contributed by atoms with Crippen molar-refractivity contribution in [1.29, 1.82) is 0 Å². The first kappa shape index (κ1) is 17.3. The molecule has 0 radical (unpaired) electrons. The summed E-state index contributed by atoms with van der Waals surface area (Å²) in [4.78, 5) is 4.58. The molecule has 114 valence electrons. The first-order valence-electron chi connectivity index (χ1n) is 7.92. The van der Waals surface area contributed by atoms with Gasteiger partial charge >= 0.3 is 0 Å². The summed E-state index contributed by atoms with van der Waals surface area (Å²) >= 11 is 5.95. The van der Waals surface area contributed by atoms with Gasteiger partial charge in [0.15, 0.2) is 0 Å². The van der Waals surface area contributed by atoms with Gasteiger partial charge in [0.05, 0.1) is 6.61 Å². The summed E-state index contributed by atoms with van der Waals surface area (Å²) in [5.41, 5.74) is 2.18. The minimum atomic E-state index is 0.517. The van der Waals surface area contributed by atoms with Gasteiger partial charge in [-0.15, -0.1) is 11.6 Å². The highest BCUT2D eigenvalue weighted by Gasteiger charge is 2.09. The molecular weight excluding hydrogens is 270 g/mol. The van der Waals surface area contributed by atoms with E-state index >= 15 is 0 Å². The van der Waals surface area contributed by atoms with Crippen LogP contribution in [0, 0.1) is 5.92 Å². The van der Waals surface area contributed by atoms with Gasteiger partial charge in [0.25, 0.3) is 0 Å². The SMILES string of the molecule is CCCCC(CC)COc1cc(CCl)cc(CCC)n1. The largest absolute Gasteiger partial charge is 0.477 e. The number of aromatic nitrogens is 1. The van der Waals surface area contributed by atoms with Crippen LogP contribution in [0.25, 0.3) is 0 Å². The molecule has 1 aromatic heterocycles. The van der Waals surface area contributed by atoms with Crippen LogP contribution < -0.4 is 4.74 Å². The highest BCUT2D eigenvalue weighted by molar-refractivity contribution is 6.17. The summed E-state index contributed by atoms with van der Waals surface area (Å²) in [5.74, 6) is 1.88. The van der Waals surface area contributed by atoms with E-state index in [9.17, 15) is 0 Å². The Balaban J connectivity index is 2.63. The highest BCUT2D eigenvalue weighted by Crippen LogP contribution is 2.19. The Morgan fingerprint density at radius 1 is 1.20 bits per heavy atom. The van der Waals surface area contributed by atoms with Crippen molar-refractivity contribution in [3.63, 3.8) is 0 Å². The van der Waals surface area contributed by atoms with E-state index in [1.54, 1.807) is 0 Å². The lowest BCUT2D eigenvalue weighted by Crippen LogP contribution is -2.12. The zero-order chi connectivity index (χ0) is 14.8. The summed E-state index contributed by atoms with van der Waals surface area (Å²) in [6.45, 7) is 7.39. The number of alkyl halides is 1. The maximum atomic E-state index is 5.95. The highest BCUT2D eigenvalue weighted by atomic mass is 35.5. The van der Waals surface area contributed by atoms with E-state index in [2.05, 4.69) is 31.8 Å². The second kappa shape index (κ2) is 10.0. The van der Waals surface area contributed by atoms with Crippen molar-refractivity contribution >= 4 is 11.6 Å². The van der Waals surface area contributed by atoms with Crippen molar-refractivity contribution in [2.45, 2.75) is 65.2 Å². The quantitative estimate of drug-likeness (QED) is 0.542. The topological polar surface area (TPSA) is 22.1 Å². The summed E-state index contributed by atoms with van der Waals surface area (Å²) in [7, 11) is 0. The van der Waals surface area contributed by atoms with Crippen molar-refractivity contribution in [1.82, 2.24) is 4.98 Å². The molecular formula is C17H28ClNO. The Kier molecular flexibility index (Phi) is 8.68. The number of halogens is 1. The van der Waals surface area contributed by atoms with Crippen LogP contribution in [0.5, 0.6) is 5.88 Å². The minimum Gasteiger partial charge on any atom is -0.477 e. The fourth-order valence-corrected chi connectivity index (χ4v) is 2.41. The van der Waals surface area contributed by atoms with Crippen molar-refractivity contribution < 1.29 is 4.74 Å². The molecule has 0 bridgehead atoms. The molecule has 0 aliphatic carbocycles. The van der Waals surface area contributed by atoms with E-state index in [1.807, 2.05) is 6.07 Å². The van der Waals surface area contributed by atoms with E-state index in [4.69, 9.17) is 16.3 Å². The Labute approximate surface area is 128 Å². The molecule has 0 spiro atoms. The van der Waals surface area contributed by atoms with Gasteiger partial charge in [0, 0.05) is 17.6 Å². The third-order valence-electron chi connectivity index (χ3n) is 3.59. The molecule has 0 aliphatic rings. The molecule has 0 N–H and O–H groups in total. The second-order valence-corrected chi connectivity index (χ2v) is 5.68. The van der Waals surface area contributed by atoms with Gasteiger partial charge in [0.1, 0.15) is 0 Å². The van der Waals surface area contributed by atoms with Crippen molar-refractivity contribution in [3.05, 3.63) is 23.4 Å². The predicted molar refractivity (Wildman–Crippen MR) is 86.6 cm³/mol. The average molecular weight is 298 g/mol. The van der Waals surface area contributed by atoms with E-state index in [1.165, 1.54) is 19.3 Å². The molecule has 1 aromatic rings. The number of aryl methyl sites for hydroxylation is 1. The molecule has 0 aliphatic heterocycles. The molecule has 0 saturated carbocycles.